The van der Waals surface area contributed by atoms with Crippen LogP contribution in [0, 0.1) is 13.8 Å². The van der Waals surface area contributed by atoms with E-state index in [-0.39, 0.29) is 10.8 Å². The lowest BCUT2D eigenvalue weighted by molar-refractivity contribution is 0.331. The lowest BCUT2D eigenvalue weighted by Crippen LogP contribution is -2.35. The van der Waals surface area contributed by atoms with Crippen LogP contribution in [0.3, 0.4) is 0 Å². The summed E-state index contributed by atoms with van der Waals surface area (Å²) in [6, 6.07) is 130. The highest BCUT2D eigenvalue weighted by Crippen LogP contribution is 2.65. The molecule has 0 nitrogen and oxygen atoms in total. The zero-order chi connectivity index (χ0) is 88.8. The Morgan fingerprint density at radius 3 is 0.791 bits per heavy atom. The zero-order valence-corrected chi connectivity index (χ0v) is 77.8. The Kier molecular flexibility index (Phi) is 17.7. The van der Waals surface area contributed by atoms with Crippen LogP contribution < -0.4 is 0 Å². The maximum Gasteiger partial charge on any atom is -0.00139 e. The normalized spacial score (nSPS) is 20.3. The third kappa shape index (κ3) is 11.7. The van der Waals surface area contributed by atoms with Gasteiger partial charge >= 0.3 is 0 Å². The van der Waals surface area contributed by atoms with Crippen molar-refractivity contribution in [1.82, 2.24) is 0 Å². The molecule has 0 radical (unpaired) electrons. The Morgan fingerprint density at radius 1 is 0.187 bits per heavy atom. The minimum absolute atomic E-state index is 0.111. The average molecular weight is 1720 g/mol. The lowest BCUT2D eigenvalue weighted by atomic mass is 9.60. The van der Waals surface area contributed by atoms with Crippen LogP contribution in [0.25, 0.3) is 197 Å². The first kappa shape index (κ1) is 79.1. The minimum Gasteiger partial charge on any atom is -0.0616 e. The summed E-state index contributed by atoms with van der Waals surface area (Å²) in [6.07, 6.45) is 18.7. The van der Waals surface area contributed by atoms with Crippen LogP contribution in [0.5, 0.6) is 0 Å². The molecule has 0 N–H and O–H groups in total. The number of rotatable bonds is 8. The molecule has 0 heterocycles. The van der Waals surface area contributed by atoms with E-state index in [4.69, 9.17) is 0 Å². The molecule has 4 fully saturated rings. The van der Waals surface area contributed by atoms with E-state index in [9.17, 15) is 0 Å². The van der Waals surface area contributed by atoms with Crippen LogP contribution >= 0.6 is 0 Å². The van der Waals surface area contributed by atoms with Crippen LogP contribution in [-0.4, -0.2) is 0 Å². The summed E-state index contributed by atoms with van der Waals surface area (Å²) in [6.45, 7) is 14.3. The van der Waals surface area contributed by atoms with Crippen molar-refractivity contribution in [3.63, 3.8) is 0 Å². The molecule has 0 spiro atoms. The first-order chi connectivity index (χ1) is 65.8. The largest absolute Gasteiger partial charge is 0.0616 e. The quantitative estimate of drug-likeness (QED) is 0.105. The van der Waals surface area contributed by atoms with Gasteiger partial charge in [0.1, 0.15) is 0 Å². The summed E-state index contributed by atoms with van der Waals surface area (Å²) in [7, 11) is 0. The molecule has 8 bridgehead atoms. The average Bonchev–Trinajstić information content (AvgIpc) is 1.36. The predicted molar refractivity (Wildman–Crippen MR) is 571 cm³/mol. The van der Waals surface area contributed by atoms with E-state index in [1.165, 1.54) is 298 Å². The van der Waals surface area contributed by atoms with E-state index in [2.05, 4.69) is 381 Å². The first-order valence-corrected chi connectivity index (χ1v) is 50.6. The Morgan fingerprint density at radius 2 is 0.440 bits per heavy atom. The molecule has 8 atom stereocenters. The summed E-state index contributed by atoms with van der Waals surface area (Å²) >= 11 is 0. The van der Waals surface area contributed by atoms with E-state index in [1.54, 1.807) is 55.6 Å². The van der Waals surface area contributed by atoms with Crippen LogP contribution in [0.4, 0.5) is 0 Å². The Bertz CT molecular complexity index is 7920. The van der Waals surface area contributed by atoms with E-state index < -0.39 is 0 Å². The molecule has 0 amide bonds. The Hall–Kier alpha value is -13.5. The summed E-state index contributed by atoms with van der Waals surface area (Å²) < 4.78 is 0. The fraction of sp³-hybridized carbons (Fsp3) is 0.224. The maximum absolute atomic E-state index is 2.69. The van der Waals surface area contributed by atoms with Gasteiger partial charge in [0, 0.05) is 0 Å². The minimum atomic E-state index is 0.111. The molecular formula is C134H110. The molecule has 0 saturated heterocycles. The van der Waals surface area contributed by atoms with E-state index in [0.717, 1.165) is 23.7 Å². The van der Waals surface area contributed by atoms with Crippen molar-refractivity contribution >= 4 is 108 Å². The fourth-order valence-corrected chi connectivity index (χ4v) is 29.8. The van der Waals surface area contributed by atoms with Gasteiger partial charge in [0.25, 0.3) is 0 Å². The highest BCUT2D eigenvalue weighted by Gasteiger charge is 2.46. The zero-order valence-electron chi connectivity index (χ0n) is 77.8. The van der Waals surface area contributed by atoms with Crippen molar-refractivity contribution in [1.29, 1.82) is 0 Å². The van der Waals surface area contributed by atoms with Gasteiger partial charge in [-0.2, -0.15) is 0 Å². The maximum atomic E-state index is 2.69. The first-order valence-electron chi connectivity index (χ1n) is 50.6. The highest BCUT2D eigenvalue weighted by molar-refractivity contribution is 6.33. The molecule has 9 aliphatic rings. The second kappa shape index (κ2) is 30.0. The van der Waals surface area contributed by atoms with Crippen molar-refractivity contribution in [2.24, 2.45) is 0 Å². The van der Waals surface area contributed by atoms with Gasteiger partial charge in [-0.1, -0.05) is 355 Å². The molecule has 0 heteroatoms. The smallest absolute Gasteiger partial charge is 0.00139 e. The molecule has 21 aromatic carbocycles. The Labute approximate surface area is 787 Å². The van der Waals surface area contributed by atoms with Crippen LogP contribution in [0.1, 0.15) is 232 Å². The molecule has 646 valence electrons. The van der Waals surface area contributed by atoms with Gasteiger partial charge < -0.3 is 0 Å². The van der Waals surface area contributed by atoms with Gasteiger partial charge in [0.05, 0.1) is 0 Å². The highest BCUT2D eigenvalue weighted by atomic mass is 14.5. The lowest BCUT2D eigenvalue weighted by Gasteiger charge is -2.44. The fourth-order valence-electron chi connectivity index (χ4n) is 29.8. The van der Waals surface area contributed by atoms with Gasteiger partial charge in [0.2, 0.25) is 0 Å². The van der Waals surface area contributed by atoms with Crippen LogP contribution in [-0.2, 0) is 10.8 Å². The molecule has 4 saturated carbocycles. The van der Waals surface area contributed by atoms with Gasteiger partial charge in [0.15, 0.2) is 0 Å². The van der Waals surface area contributed by atoms with Crippen molar-refractivity contribution in [3.8, 4) is 89.0 Å². The summed E-state index contributed by atoms with van der Waals surface area (Å²) in [5.41, 5.74) is 42.0. The number of benzene rings is 21. The van der Waals surface area contributed by atoms with Gasteiger partial charge in [-0.05, 0) is 438 Å². The van der Waals surface area contributed by atoms with Crippen molar-refractivity contribution in [2.75, 3.05) is 0 Å². The third-order valence-corrected chi connectivity index (χ3v) is 35.5. The van der Waals surface area contributed by atoms with Crippen molar-refractivity contribution in [3.05, 3.63) is 406 Å². The molecule has 134 heavy (non-hydrogen) atoms. The standard InChI is InChI=1S/C60H50.C40H38.C34H22/c1-5-39-31-13-17-35(25-31)55(39)43(9-1)51-29-52(44-10-2-6-40-32-14-18-36(26-32)56(40)44)48-23-24-50-54(46-12-4-8-42-34-16-20-38(28-34)58(42)46)30-53(49-22-21-47(51)59(48)60(49)50)45-11-3-7-41-33-15-19-37(27-33)57(41)45;1-25-19-21-33(28-14-8-7-13-27(25)28)35-29-15-9-11-17-31(29)36(32-18-12-10-16-30(32)35)34-22-20-26(2)37-38(34)40(5,6)24-23-39(37,3)4;1-3-15-25-23(11-1)13-9-21-27(25)33-29-17-5-7-19-31(29)34(32-20-8-6-18-30(32)33)28-22-10-14-24-12-2-4-16-26(24)28/h1-12,21-24,29-38H,13-20,25-28H2;7-22H,23-24H2,1-6H3;1-22H. The molecule has 30 rings (SSSR count). The SMILES string of the molecule is Cc1ccc(-c2c3ccccc3c(-c3ccc(C)c4ccccc34)c3ccccc23)c2c1C(C)(C)CCC2(C)C.c1cc(-c2cc(-c3cccc4c3C3CCC4C3)c3ccc4c(-c5cccc6c5C5CCC6C5)cc(-c5cccc6c5C5CCC6C5)c5ccc2c3c54)c2c(c1)C1CCC2C1.c1ccc2c(-c3c4ccccc4c(-c4cccc5ccccc45)c4ccccc34)cccc2c1. The third-order valence-electron chi connectivity index (χ3n) is 35.5. The summed E-state index contributed by atoms with van der Waals surface area (Å²) in [5, 5.41) is 27.1. The van der Waals surface area contributed by atoms with Crippen LogP contribution in [0.15, 0.2) is 340 Å². The number of fused-ring (bicyclic) bond motifs is 28. The van der Waals surface area contributed by atoms with Crippen molar-refractivity contribution in [2.45, 2.75) is 190 Å². The predicted octanol–water partition coefficient (Wildman–Crippen LogP) is 37.8. The van der Waals surface area contributed by atoms with Gasteiger partial charge in [-0.25, -0.2) is 0 Å². The molecule has 9 aliphatic carbocycles. The molecule has 8 unspecified atom stereocenters. The second-order valence-electron chi connectivity index (χ2n) is 43.2. The monoisotopic (exact) mass is 1720 g/mol. The molecule has 0 aromatic heterocycles. The van der Waals surface area contributed by atoms with E-state index >= 15 is 0 Å². The molecule has 0 aliphatic heterocycles. The van der Waals surface area contributed by atoms with Gasteiger partial charge in [-0.15, -0.1) is 0 Å². The summed E-state index contributed by atoms with van der Waals surface area (Å²) in [4.78, 5) is 0. The summed E-state index contributed by atoms with van der Waals surface area (Å²) in [5.74, 6) is 5.77. The van der Waals surface area contributed by atoms with E-state index in [1.807, 2.05) is 0 Å². The second-order valence-corrected chi connectivity index (χ2v) is 43.2. The molecular weight excluding hydrogens is 1610 g/mol. The van der Waals surface area contributed by atoms with E-state index in [0.29, 0.717) is 23.7 Å². The Balaban J connectivity index is 0.000000106. The molecule has 21 aromatic rings. The number of hydrogen-bond acceptors (Lipinski definition) is 0. The number of aryl methyl sites for hydroxylation is 2. The number of hydrogen-bond donors (Lipinski definition) is 0. The van der Waals surface area contributed by atoms with Gasteiger partial charge in [-0.3, -0.25) is 0 Å². The topological polar surface area (TPSA) is 0 Å². The van der Waals surface area contributed by atoms with Crippen LogP contribution in [0.2, 0.25) is 0 Å². The van der Waals surface area contributed by atoms with Crippen molar-refractivity contribution < 1.29 is 0 Å².